The van der Waals surface area contributed by atoms with Gasteiger partial charge in [-0.15, -0.1) is 4.36 Å². The molecule has 0 spiro atoms. The highest BCUT2D eigenvalue weighted by Crippen LogP contribution is 2.23. The van der Waals surface area contributed by atoms with E-state index in [1.165, 1.54) is 29.3 Å². The first kappa shape index (κ1) is 21.3. The van der Waals surface area contributed by atoms with Crippen LogP contribution in [0.3, 0.4) is 0 Å². The van der Waals surface area contributed by atoms with Crippen molar-refractivity contribution in [3.63, 3.8) is 0 Å². The second kappa shape index (κ2) is 7.54. The Hall–Kier alpha value is -2.02. The molecule has 1 amide bonds. The number of amides is 1. The van der Waals surface area contributed by atoms with Crippen LogP contribution >= 0.6 is 0 Å². The van der Waals surface area contributed by atoms with E-state index < -0.39 is 27.4 Å². The number of rotatable bonds is 3. The molecule has 1 heterocycles. The van der Waals surface area contributed by atoms with Crippen molar-refractivity contribution in [3.05, 3.63) is 29.8 Å². The largest absolute Gasteiger partial charge is 0.474 e. The zero-order valence-corrected chi connectivity index (χ0v) is 15.6. The van der Waals surface area contributed by atoms with Gasteiger partial charge in [0.15, 0.2) is 0 Å². The van der Waals surface area contributed by atoms with Gasteiger partial charge in [-0.1, -0.05) is 12.1 Å². The van der Waals surface area contributed by atoms with Crippen molar-refractivity contribution in [1.82, 2.24) is 10.5 Å². The van der Waals surface area contributed by atoms with Gasteiger partial charge in [-0.2, -0.15) is 23.8 Å². The number of hydroxylamine groups is 1. The standard InChI is InChI=1S/C15H19F3N4O4S/c1-14(21-24)8-26-9-22(2)19-12(14)10-4-6-11(7-5-10)27(3,25)20-13(23)15(16,17)18/h4-7,21,24H,8-9H2,1-3H3. The van der Waals surface area contributed by atoms with Gasteiger partial charge in [0.05, 0.1) is 22.0 Å². The fraction of sp³-hybridized carbons (Fsp3) is 0.467. The minimum Gasteiger partial charge on any atom is -0.357 e. The van der Waals surface area contributed by atoms with Crippen LogP contribution in [0.25, 0.3) is 0 Å². The van der Waals surface area contributed by atoms with Crippen LogP contribution in [-0.4, -0.2) is 64.4 Å². The van der Waals surface area contributed by atoms with Crippen molar-refractivity contribution in [2.45, 2.75) is 23.5 Å². The third-order valence-electron chi connectivity index (χ3n) is 3.77. The van der Waals surface area contributed by atoms with Crippen LogP contribution in [0.5, 0.6) is 0 Å². The van der Waals surface area contributed by atoms with Gasteiger partial charge in [-0.25, -0.2) is 4.21 Å². The number of hydrogen-bond acceptors (Lipinski definition) is 7. The van der Waals surface area contributed by atoms with Gasteiger partial charge in [-0.05, 0) is 24.6 Å². The molecule has 2 N–H and O–H groups in total. The third-order valence-corrected chi connectivity index (χ3v) is 5.43. The summed E-state index contributed by atoms with van der Waals surface area (Å²) in [5.41, 5.74) is 2.02. The number of hydrazone groups is 1. The van der Waals surface area contributed by atoms with Gasteiger partial charge in [0.2, 0.25) is 0 Å². The predicted molar refractivity (Wildman–Crippen MR) is 90.7 cm³/mol. The van der Waals surface area contributed by atoms with Crippen molar-refractivity contribution < 1.29 is 32.1 Å². The Morgan fingerprint density at radius 3 is 2.52 bits per heavy atom. The van der Waals surface area contributed by atoms with E-state index >= 15 is 0 Å². The lowest BCUT2D eigenvalue weighted by Crippen LogP contribution is -2.51. The zero-order chi connectivity index (χ0) is 20.5. The molecule has 8 nitrogen and oxygen atoms in total. The van der Waals surface area contributed by atoms with Gasteiger partial charge in [0.25, 0.3) is 0 Å². The number of ether oxygens (including phenoxy) is 1. The highest BCUT2D eigenvalue weighted by Gasteiger charge is 2.39. The van der Waals surface area contributed by atoms with E-state index in [1.807, 2.05) is 0 Å². The van der Waals surface area contributed by atoms with Crippen LogP contribution in [0, 0.1) is 0 Å². The summed E-state index contributed by atoms with van der Waals surface area (Å²) in [7, 11) is -1.91. The fourth-order valence-electron chi connectivity index (χ4n) is 2.35. The summed E-state index contributed by atoms with van der Waals surface area (Å²) in [6, 6.07) is 5.55. The van der Waals surface area contributed by atoms with Gasteiger partial charge >= 0.3 is 12.1 Å². The average molecular weight is 408 g/mol. The number of nitrogens with one attached hydrogen (secondary N) is 1. The maximum Gasteiger partial charge on any atom is 0.474 e. The number of carbonyl (C=O) groups excluding carboxylic acids is 1. The number of nitrogens with zero attached hydrogens (tertiary/aromatic N) is 3. The van der Waals surface area contributed by atoms with Crippen molar-refractivity contribution in [2.75, 3.05) is 26.6 Å². The Morgan fingerprint density at radius 2 is 2.00 bits per heavy atom. The number of carbonyl (C=O) groups is 1. The summed E-state index contributed by atoms with van der Waals surface area (Å²) in [5.74, 6) is -2.40. The van der Waals surface area contributed by atoms with Crippen molar-refractivity contribution in [1.29, 1.82) is 0 Å². The summed E-state index contributed by atoms with van der Waals surface area (Å²) in [5, 5.41) is 15.4. The molecule has 150 valence electrons. The average Bonchev–Trinajstić information content (AvgIpc) is 2.73. The predicted octanol–water partition coefficient (Wildman–Crippen LogP) is 1.59. The van der Waals surface area contributed by atoms with E-state index in [2.05, 4.69) is 14.9 Å². The molecule has 2 atom stereocenters. The zero-order valence-electron chi connectivity index (χ0n) is 14.8. The molecule has 1 aromatic rings. The first-order valence-electron chi connectivity index (χ1n) is 7.62. The smallest absolute Gasteiger partial charge is 0.357 e. The number of benzene rings is 1. The second-order valence-electron chi connectivity index (χ2n) is 6.25. The van der Waals surface area contributed by atoms with Gasteiger partial charge in [0, 0.05) is 18.2 Å². The highest BCUT2D eigenvalue weighted by molar-refractivity contribution is 7.93. The normalized spacial score (nSPS) is 23.2. The molecule has 0 saturated carbocycles. The van der Waals surface area contributed by atoms with Gasteiger partial charge < -0.3 is 9.94 Å². The minimum atomic E-state index is -5.19. The van der Waals surface area contributed by atoms with E-state index in [4.69, 9.17) is 4.74 Å². The van der Waals surface area contributed by atoms with Gasteiger partial charge in [0.1, 0.15) is 12.3 Å². The van der Waals surface area contributed by atoms with Crippen molar-refractivity contribution >= 4 is 21.3 Å². The van der Waals surface area contributed by atoms with E-state index in [9.17, 15) is 27.4 Å². The van der Waals surface area contributed by atoms with E-state index in [1.54, 1.807) is 14.0 Å². The maximum absolute atomic E-state index is 12.4. The summed E-state index contributed by atoms with van der Waals surface area (Å²) in [6.45, 7) is 1.95. The molecule has 2 rings (SSSR count). The Labute approximate surface area is 154 Å². The first-order chi connectivity index (χ1) is 12.4. The van der Waals surface area contributed by atoms with Gasteiger partial charge in [-0.3, -0.25) is 9.80 Å². The molecule has 1 aliphatic heterocycles. The molecule has 0 aliphatic carbocycles. The van der Waals surface area contributed by atoms with Crippen LogP contribution in [0.4, 0.5) is 13.2 Å². The number of halogens is 3. The monoisotopic (exact) mass is 408 g/mol. The number of alkyl halides is 3. The molecule has 0 aromatic heterocycles. The quantitative estimate of drug-likeness (QED) is 0.737. The third kappa shape index (κ3) is 4.83. The van der Waals surface area contributed by atoms with Crippen molar-refractivity contribution in [3.8, 4) is 0 Å². The molecule has 1 aliphatic rings. The highest BCUT2D eigenvalue weighted by atomic mass is 32.2. The Bertz CT molecular complexity index is 863. The lowest BCUT2D eigenvalue weighted by atomic mass is 9.92. The molecule has 0 saturated heterocycles. The Kier molecular flexibility index (Phi) is 5.94. The molecule has 0 radical (unpaired) electrons. The van der Waals surface area contributed by atoms with E-state index in [0.29, 0.717) is 11.3 Å². The van der Waals surface area contributed by atoms with Crippen LogP contribution < -0.4 is 5.48 Å². The van der Waals surface area contributed by atoms with Crippen LogP contribution in [0.1, 0.15) is 12.5 Å². The molecular formula is C15H19F3N4O4S. The Morgan fingerprint density at radius 1 is 1.41 bits per heavy atom. The first-order valence-corrected chi connectivity index (χ1v) is 9.54. The molecule has 0 fully saturated rings. The van der Waals surface area contributed by atoms with E-state index in [0.717, 1.165) is 6.26 Å². The molecule has 2 unspecified atom stereocenters. The second-order valence-corrected chi connectivity index (χ2v) is 8.51. The lowest BCUT2D eigenvalue weighted by Gasteiger charge is -2.27. The van der Waals surface area contributed by atoms with Crippen molar-refractivity contribution in [2.24, 2.45) is 9.46 Å². The summed E-state index contributed by atoms with van der Waals surface area (Å²) in [6.07, 6.45) is -4.23. The fourth-order valence-corrected chi connectivity index (χ4v) is 3.52. The lowest BCUT2D eigenvalue weighted by molar-refractivity contribution is -0.169. The minimum absolute atomic E-state index is 0.0404. The molecule has 0 bridgehead atoms. The van der Waals surface area contributed by atoms with E-state index in [-0.39, 0.29) is 18.2 Å². The molecule has 1 aromatic carbocycles. The molecule has 12 heteroatoms. The topological polar surface area (TPSA) is 104 Å². The van der Waals surface area contributed by atoms with Crippen LogP contribution in [0.15, 0.2) is 38.6 Å². The number of hydrogen-bond donors (Lipinski definition) is 2. The summed E-state index contributed by atoms with van der Waals surface area (Å²) >= 11 is 0. The molecular weight excluding hydrogens is 389 g/mol. The van der Waals surface area contributed by atoms with Crippen LogP contribution in [-0.2, 0) is 19.3 Å². The van der Waals surface area contributed by atoms with Crippen LogP contribution in [0.2, 0.25) is 0 Å². The maximum atomic E-state index is 12.4. The molecule has 27 heavy (non-hydrogen) atoms. The summed E-state index contributed by atoms with van der Waals surface area (Å²) < 4.78 is 57.8. The Balaban J connectivity index is 2.43. The summed E-state index contributed by atoms with van der Waals surface area (Å²) in [4.78, 5) is 11.0. The SMILES string of the molecule is CN1COCC(C)(NO)C(c2ccc(S(C)(=O)=NC(=O)C(F)(F)F)cc2)=N1.